The zero-order chi connectivity index (χ0) is 17.6. The van der Waals surface area contributed by atoms with Crippen LogP contribution in [0.15, 0.2) is 49.1 Å². The van der Waals surface area contributed by atoms with Crippen molar-refractivity contribution < 1.29 is 19.4 Å². The number of thiazole rings is 1. The van der Waals surface area contributed by atoms with Gasteiger partial charge in [-0.25, -0.2) is 24.5 Å². The number of hydrogen-bond acceptors (Lipinski definition) is 7. The number of rotatable bonds is 5. The summed E-state index contributed by atoms with van der Waals surface area (Å²) in [5, 5.41) is 11.8. The minimum Gasteiger partial charge on any atom is -0.476 e. The van der Waals surface area contributed by atoms with Crippen LogP contribution in [-0.2, 0) is 11.3 Å². The lowest BCUT2D eigenvalue weighted by Gasteiger charge is -2.04. The van der Waals surface area contributed by atoms with Crippen molar-refractivity contribution in [3.8, 4) is 10.4 Å². The summed E-state index contributed by atoms with van der Waals surface area (Å²) in [7, 11) is 0. The number of nitrogens with zero attached hydrogens (tertiary/aromatic N) is 3. The first-order valence-electron chi connectivity index (χ1n) is 7.10. The van der Waals surface area contributed by atoms with Gasteiger partial charge in [0.2, 0.25) is 0 Å². The van der Waals surface area contributed by atoms with Crippen LogP contribution in [0.1, 0.15) is 16.1 Å². The molecule has 0 aliphatic heterocycles. The monoisotopic (exact) mass is 356 g/mol. The lowest BCUT2D eigenvalue weighted by atomic mass is 10.2. The van der Waals surface area contributed by atoms with Crippen molar-refractivity contribution in [2.24, 2.45) is 0 Å². The zero-order valence-corrected chi connectivity index (χ0v) is 13.6. The molecule has 0 aliphatic rings. The second kappa shape index (κ2) is 7.49. The average molecular weight is 356 g/mol. The topological polar surface area (TPSA) is 114 Å². The summed E-state index contributed by atoms with van der Waals surface area (Å²) in [4.78, 5) is 35.2. The molecule has 0 bridgehead atoms. The van der Waals surface area contributed by atoms with Crippen molar-refractivity contribution in [2.45, 2.75) is 6.61 Å². The summed E-state index contributed by atoms with van der Waals surface area (Å²) in [6, 6.07) is 9.19. The predicted molar refractivity (Wildman–Crippen MR) is 90.3 cm³/mol. The normalized spacial score (nSPS) is 10.2. The van der Waals surface area contributed by atoms with Gasteiger partial charge in [-0.1, -0.05) is 41.7 Å². The number of aromatic nitrogens is 3. The number of carbonyl (C=O) groups is 2. The number of aromatic carboxylic acids is 1. The molecule has 2 aromatic heterocycles. The molecule has 0 fully saturated rings. The van der Waals surface area contributed by atoms with Crippen LogP contribution >= 0.6 is 11.3 Å². The first-order valence-corrected chi connectivity index (χ1v) is 7.92. The van der Waals surface area contributed by atoms with Crippen LogP contribution in [0.5, 0.6) is 0 Å². The minimum absolute atomic E-state index is 0.100. The number of nitrogens with one attached hydrogen (secondary N) is 1. The Balaban J connectivity index is 1.72. The Bertz CT molecular complexity index is 884. The fourth-order valence-corrected chi connectivity index (χ4v) is 2.89. The summed E-state index contributed by atoms with van der Waals surface area (Å²) in [5.74, 6) is -1.21. The lowest BCUT2D eigenvalue weighted by Crippen LogP contribution is -2.13. The van der Waals surface area contributed by atoms with E-state index in [0.717, 1.165) is 16.9 Å². The summed E-state index contributed by atoms with van der Waals surface area (Å²) in [5.41, 5.74) is 1.16. The van der Waals surface area contributed by atoms with Crippen LogP contribution in [0.25, 0.3) is 10.4 Å². The fraction of sp³-hybridized carbons (Fsp3) is 0.0625. The number of hydrogen-bond donors (Lipinski definition) is 2. The highest BCUT2D eigenvalue weighted by Gasteiger charge is 2.20. The van der Waals surface area contributed by atoms with Crippen molar-refractivity contribution >= 4 is 28.5 Å². The van der Waals surface area contributed by atoms with E-state index < -0.39 is 12.1 Å². The molecule has 0 saturated heterocycles. The van der Waals surface area contributed by atoms with Gasteiger partial charge < -0.3 is 9.84 Å². The molecular formula is C16H12N4O4S. The molecule has 0 saturated carbocycles. The molecule has 25 heavy (non-hydrogen) atoms. The molecule has 2 N–H and O–H groups in total. The molecule has 1 aromatic carbocycles. The van der Waals surface area contributed by atoms with Crippen LogP contribution in [-0.4, -0.2) is 32.1 Å². The number of benzene rings is 1. The molecule has 0 atom stereocenters. The molecule has 3 aromatic rings. The Morgan fingerprint density at radius 3 is 2.56 bits per heavy atom. The Kier molecular flexibility index (Phi) is 4.95. The molecule has 126 valence electrons. The van der Waals surface area contributed by atoms with E-state index in [2.05, 4.69) is 20.3 Å². The molecule has 0 spiro atoms. The first kappa shape index (κ1) is 16.5. The molecule has 9 heteroatoms. The number of carboxylic acids is 1. The van der Waals surface area contributed by atoms with Gasteiger partial charge in [-0.3, -0.25) is 5.32 Å². The van der Waals surface area contributed by atoms with Crippen LogP contribution < -0.4 is 5.32 Å². The van der Waals surface area contributed by atoms with Gasteiger partial charge in [-0.15, -0.1) is 0 Å². The maximum atomic E-state index is 11.9. The first-order chi connectivity index (χ1) is 12.1. The summed E-state index contributed by atoms with van der Waals surface area (Å²) < 4.78 is 5.09. The van der Waals surface area contributed by atoms with E-state index >= 15 is 0 Å². The number of carbonyl (C=O) groups excluding carboxylic acids is 1. The zero-order valence-electron chi connectivity index (χ0n) is 12.7. The maximum absolute atomic E-state index is 11.9. The molecule has 0 radical (unpaired) electrons. The summed E-state index contributed by atoms with van der Waals surface area (Å²) in [6.07, 6.45) is 3.57. The third-order valence-corrected chi connectivity index (χ3v) is 4.09. The van der Waals surface area contributed by atoms with Gasteiger partial charge >= 0.3 is 12.1 Å². The van der Waals surface area contributed by atoms with Crippen molar-refractivity contribution in [3.63, 3.8) is 0 Å². The minimum atomic E-state index is -1.21. The predicted octanol–water partition coefficient (Wildman–Crippen LogP) is 3.05. The standard InChI is InChI=1S/C16H12N4O4S/c21-14(22)12-13(11-6-17-9-18-7-11)25-15(19-12)20-16(23)24-8-10-4-2-1-3-5-10/h1-7,9H,8H2,(H,21,22)(H,19,20,23). The van der Waals surface area contributed by atoms with Gasteiger partial charge in [0.25, 0.3) is 0 Å². The van der Waals surface area contributed by atoms with Crippen LogP contribution in [0.4, 0.5) is 9.93 Å². The van der Waals surface area contributed by atoms with Gasteiger partial charge in [-0.05, 0) is 5.56 Å². The molecule has 2 heterocycles. The van der Waals surface area contributed by atoms with E-state index in [9.17, 15) is 14.7 Å². The number of amides is 1. The summed E-state index contributed by atoms with van der Waals surface area (Å²) >= 11 is 1.01. The van der Waals surface area contributed by atoms with Crippen molar-refractivity contribution in [3.05, 3.63) is 60.3 Å². The van der Waals surface area contributed by atoms with Gasteiger partial charge in [0.15, 0.2) is 10.8 Å². The highest BCUT2D eigenvalue weighted by molar-refractivity contribution is 7.19. The molecule has 1 amide bonds. The van der Waals surface area contributed by atoms with E-state index in [4.69, 9.17) is 4.74 Å². The SMILES string of the molecule is O=C(Nc1nc(C(=O)O)c(-c2cncnc2)s1)OCc1ccccc1. The number of carboxylic acid groups (broad SMARTS) is 1. The van der Waals surface area contributed by atoms with Crippen LogP contribution in [0, 0.1) is 0 Å². The molecule has 8 nitrogen and oxygen atoms in total. The molecular weight excluding hydrogens is 344 g/mol. The Morgan fingerprint density at radius 2 is 1.88 bits per heavy atom. The largest absolute Gasteiger partial charge is 0.476 e. The fourth-order valence-electron chi connectivity index (χ4n) is 1.98. The van der Waals surface area contributed by atoms with Gasteiger partial charge in [0.05, 0.1) is 4.88 Å². The molecule has 0 aliphatic carbocycles. The Labute approximate surface area is 146 Å². The van der Waals surface area contributed by atoms with E-state index in [0.29, 0.717) is 10.4 Å². The van der Waals surface area contributed by atoms with E-state index in [1.54, 1.807) is 0 Å². The third-order valence-electron chi connectivity index (χ3n) is 3.07. The van der Waals surface area contributed by atoms with Crippen LogP contribution in [0.2, 0.25) is 0 Å². The second-order valence-corrected chi connectivity index (χ2v) is 5.81. The number of ether oxygens (including phenoxy) is 1. The van der Waals surface area contributed by atoms with Crippen molar-refractivity contribution in [1.82, 2.24) is 15.0 Å². The maximum Gasteiger partial charge on any atom is 0.413 e. The Morgan fingerprint density at radius 1 is 1.16 bits per heavy atom. The van der Waals surface area contributed by atoms with Gasteiger partial charge in [-0.2, -0.15) is 0 Å². The van der Waals surface area contributed by atoms with E-state index in [1.807, 2.05) is 30.3 Å². The molecule has 0 unspecified atom stereocenters. The Hall–Kier alpha value is -3.33. The van der Waals surface area contributed by atoms with E-state index in [-0.39, 0.29) is 17.4 Å². The average Bonchev–Trinajstić information content (AvgIpc) is 3.06. The van der Waals surface area contributed by atoms with E-state index in [1.165, 1.54) is 18.7 Å². The summed E-state index contributed by atoms with van der Waals surface area (Å²) in [6.45, 7) is 0.100. The highest BCUT2D eigenvalue weighted by atomic mass is 32.1. The highest BCUT2D eigenvalue weighted by Crippen LogP contribution is 2.32. The third kappa shape index (κ3) is 4.15. The lowest BCUT2D eigenvalue weighted by molar-refractivity contribution is 0.0692. The number of anilines is 1. The van der Waals surface area contributed by atoms with Crippen molar-refractivity contribution in [2.75, 3.05) is 5.32 Å². The smallest absolute Gasteiger partial charge is 0.413 e. The van der Waals surface area contributed by atoms with Gasteiger partial charge in [0, 0.05) is 18.0 Å². The quantitative estimate of drug-likeness (QED) is 0.722. The van der Waals surface area contributed by atoms with Gasteiger partial charge in [0.1, 0.15) is 12.9 Å². The van der Waals surface area contributed by atoms with Crippen molar-refractivity contribution in [1.29, 1.82) is 0 Å². The molecule has 3 rings (SSSR count). The van der Waals surface area contributed by atoms with Crippen LogP contribution in [0.3, 0.4) is 0 Å². The second-order valence-electron chi connectivity index (χ2n) is 4.82.